The molecule has 3 aliphatic rings. The first-order chi connectivity index (χ1) is 19.8. The minimum Gasteiger partial charge on any atom is -0.369 e. The zero-order chi connectivity index (χ0) is 28.6. The van der Waals surface area contributed by atoms with Gasteiger partial charge in [-0.1, -0.05) is 37.1 Å². The first kappa shape index (κ1) is 27.2. The van der Waals surface area contributed by atoms with Gasteiger partial charge in [0.25, 0.3) is 0 Å². The summed E-state index contributed by atoms with van der Waals surface area (Å²) in [6.45, 7) is 0.956. The maximum atomic E-state index is 13.6. The van der Waals surface area contributed by atoms with E-state index in [0.717, 1.165) is 61.0 Å². The number of carbonyl (C=O) groups is 1. The molecule has 0 N–H and O–H groups in total. The molecule has 210 valence electrons. The Kier molecular flexibility index (Phi) is 7.17. The maximum Gasteiger partial charge on any atom is 0.153 e. The van der Waals surface area contributed by atoms with E-state index in [1.807, 2.05) is 48.7 Å². The number of nitriles is 2. The number of hydrogen-bond acceptors (Lipinski definition) is 7. The van der Waals surface area contributed by atoms with Gasteiger partial charge in [-0.05, 0) is 55.5 Å². The quantitative estimate of drug-likeness (QED) is 0.386. The van der Waals surface area contributed by atoms with Crippen molar-refractivity contribution in [1.82, 2.24) is 9.78 Å². The van der Waals surface area contributed by atoms with Gasteiger partial charge in [0.15, 0.2) is 9.84 Å². The van der Waals surface area contributed by atoms with Crippen LogP contribution in [0.2, 0.25) is 0 Å². The van der Waals surface area contributed by atoms with E-state index in [1.165, 1.54) is 0 Å². The second kappa shape index (κ2) is 10.8. The normalized spacial score (nSPS) is 22.8. The lowest BCUT2D eigenvalue weighted by Crippen LogP contribution is -2.40. The summed E-state index contributed by atoms with van der Waals surface area (Å²) in [5.74, 6) is 0.241. The summed E-state index contributed by atoms with van der Waals surface area (Å²) in [5, 5.41) is 24.4. The molecule has 2 atom stereocenters. The third-order valence-electron chi connectivity index (χ3n) is 9.04. The van der Waals surface area contributed by atoms with Gasteiger partial charge in [0.1, 0.15) is 11.9 Å². The monoisotopic (exact) mass is 567 g/mol. The third kappa shape index (κ3) is 5.52. The molecular weight excluding hydrogens is 534 g/mol. The number of Topliss-reactive ketones (excluding diaryl/α,β-unsaturated/α-hetero) is 1. The number of sulfone groups is 1. The van der Waals surface area contributed by atoms with Gasteiger partial charge in [-0.3, -0.25) is 4.79 Å². The van der Waals surface area contributed by atoms with Crippen molar-refractivity contribution in [1.29, 1.82) is 10.5 Å². The van der Waals surface area contributed by atoms with E-state index in [0.29, 0.717) is 30.8 Å². The van der Waals surface area contributed by atoms with Crippen LogP contribution in [0.1, 0.15) is 62.1 Å². The van der Waals surface area contributed by atoms with Crippen LogP contribution in [-0.4, -0.2) is 48.6 Å². The molecule has 2 aliphatic carbocycles. The highest BCUT2D eigenvalue weighted by Crippen LogP contribution is 2.51. The molecule has 0 spiro atoms. The molecule has 3 fully saturated rings. The minimum absolute atomic E-state index is 0.0665. The fraction of sp³-hybridized carbons (Fsp3) is 0.438. The first-order valence-electron chi connectivity index (χ1n) is 14.4. The molecule has 2 aromatic carbocycles. The van der Waals surface area contributed by atoms with E-state index < -0.39 is 15.3 Å². The van der Waals surface area contributed by atoms with E-state index in [4.69, 9.17) is 5.10 Å². The highest BCUT2D eigenvalue weighted by atomic mass is 32.2. The molecule has 41 heavy (non-hydrogen) atoms. The third-order valence-corrected chi connectivity index (χ3v) is 10.6. The van der Waals surface area contributed by atoms with Crippen molar-refractivity contribution in [2.75, 3.05) is 29.5 Å². The van der Waals surface area contributed by atoms with Gasteiger partial charge in [-0.2, -0.15) is 15.6 Å². The zero-order valence-electron chi connectivity index (χ0n) is 23.0. The van der Waals surface area contributed by atoms with Crippen molar-refractivity contribution < 1.29 is 13.2 Å². The number of ketones is 1. The van der Waals surface area contributed by atoms with Crippen molar-refractivity contribution in [3.05, 3.63) is 66.0 Å². The van der Waals surface area contributed by atoms with Gasteiger partial charge in [0, 0.05) is 48.8 Å². The van der Waals surface area contributed by atoms with Crippen molar-refractivity contribution in [2.24, 2.45) is 11.3 Å². The van der Waals surface area contributed by atoms with Crippen LogP contribution in [0.4, 0.5) is 5.69 Å². The molecule has 1 aromatic heterocycles. The number of aromatic nitrogens is 2. The number of benzene rings is 2. The lowest BCUT2D eigenvalue weighted by atomic mass is 9.72. The topological polar surface area (TPSA) is 120 Å². The molecule has 6 rings (SSSR count). The van der Waals surface area contributed by atoms with Crippen LogP contribution in [0, 0.1) is 34.0 Å². The molecule has 8 nitrogen and oxygen atoms in total. The summed E-state index contributed by atoms with van der Waals surface area (Å²) in [7, 11) is -2.97. The molecule has 3 aromatic rings. The smallest absolute Gasteiger partial charge is 0.153 e. The van der Waals surface area contributed by atoms with Gasteiger partial charge in [-0.15, -0.1) is 0 Å². The minimum atomic E-state index is -2.97. The SMILES string of the molecule is N#Cc1ccccc1-n1cc(-c2ccc(N3CCS(=O)(=O)CC3)cc2)c([C@@H]2CCCC[C@H]2C(=O)CC2(C#N)CC2)n1. The Balaban J connectivity index is 1.37. The Hall–Kier alpha value is -3.95. The van der Waals surface area contributed by atoms with E-state index >= 15 is 0 Å². The molecule has 2 saturated carbocycles. The fourth-order valence-corrected chi connectivity index (χ4v) is 7.59. The average molecular weight is 568 g/mol. The summed E-state index contributed by atoms with van der Waals surface area (Å²) in [6.07, 6.45) is 7.51. The highest BCUT2D eigenvalue weighted by Gasteiger charge is 2.47. The van der Waals surface area contributed by atoms with Crippen LogP contribution in [0.3, 0.4) is 0 Å². The zero-order valence-corrected chi connectivity index (χ0v) is 23.8. The van der Waals surface area contributed by atoms with Crippen LogP contribution in [-0.2, 0) is 14.6 Å². The van der Waals surface area contributed by atoms with Gasteiger partial charge < -0.3 is 4.90 Å². The summed E-state index contributed by atoms with van der Waals surface area (Å²) in [5.41, 5.74) is 4.45. The number of nitrogens with zero attached hydrogens (tertiary/aromatic N) is 5. The lowest BCUT2D eigenvalue weighted by Gasteiger charge is -2.31. The number of carbonyl (C=O) groups excluding carboxylic acids is 1. The predicted octanol–water partition coefficient (Wildman–Crippen LogP) is 5.18. The molecule has 0 bridgehead atoms. The van der Waals surface area contributed by atoms with Crippen molar-refractivity contribution in [3.63, 3.8) is 0 Å². The van der Waals surface area contributed by atoms with Gasteiger partial charge in [0.05, 0.1) is 39.9 Å². The van der Waals surface area contributed by atoms with E-state index in [2.05, 4.69) is 17.0 Å². The second-order valence-corrected chi connectivity index (χ2v) is 14.0. The van der Waals surface area contributed by atoms with Crippen molar-refractivity contribution in [2.45, 2.75) is 50.9 Å². The van der Waals surface area contributed by atoms with Gasteiger partial charge in [-0.25, -0.2) is 13.1 Å². The van der Waals surface area contributed by atoms with Crippen LogP contribution in [0.5, 0.6) is 0 Å². The standard InChI is InChI=1S/C32H33N5O3S/c33-20-24-5-1-4-8-29(24)37-21-28(23-9-11-25(12-10-23)36-15-17-41(39,40)18-16-36)31(35-37)27-7-3-2-6-26(27)30(38)19-32(22-34)13-14-32/h1,4-5,8-12,21,26-27H,2-3,6-7,13-19H2/t26-,27-/m1/s1. The molecule has 0 radical (unpaired) electrons. The molecule has 2 heterocycles. The predicted molar refractivity (Wildman–Crippen MR) is 156 cm³/mol. The Labute approximate surface area is 241 Å². The van der Waals surface area contributed by atoms with Gasteiger partial charge in [0.2, 0.25) is 0 Å². The van der Waals surface area contributed by atoms with Crippen LogP contribution >= 0.6 is 0 Å². The lowest BCUT2D eigenvalue weighted by molar-refractivity contribution is -0.125. The Bertz CT molecular complexity index is 1640. The van der Waals surface area contributed by atoms with E-state index in [-0.39, 0.29) is 29.1 Å². The van der Waals surface area contributed by atoms with Crippen molar-refractivity contribution >= 4 is 21.3 Å². The Morgan fingerprint density at radius 3 is 2.39 bits per heavy atom. The maximum absolute atomic E-state index is 13.6. The molecule has 1 aliphatic heterocycles. The summed E-state index contributed by atoms with van der Waals surface area (Å²) >= 11 is 0. The summed E-state index contributed by atoms with van der Waals surface area (Å²) in [6, 6.07) is 20.1. The number of para-hydroxylation sites is 1. The molecule has 0 amide bonds. The molecule has 1 saturated heterocycles. The van der Waals surface area contributed by atoms with E-state index in [9.17, 15) is 23.7 Å². The second-order valence-electron chi connectivity index (χ2n) is 11.7. The molecule has 9 heteroatoms. The van der Waals surface area contributed by atoms with Crippen LogP contribution in [0.15, 0.2) is 54.7 Å². The van der Waals surface area contributed by atoms with Crippen LogP contribution < -0.4 is 4.90 Å². The molecular formula is C32H33N5O3S. The van der Waals surface area contributed by atoms with Crippen LogP contribution in [0.25, 0.3) is 16.8 Å². The van der Waals surface area contributed by atoms with Gasteiger partial charge >= 0.3 is 0 Å². The first-order valence-corrected chi connectivity index (χ1v) is 16.2. The number of rotatable bonds is 7. The number of hydrogen-bond donors (Lipinski definition) is 0. The summed E-state index contributed by atoms with van der Waals surface area (Å²) in [4.78, 5) is 15.7. The van der Waals surface area contributed by atoms with E-state index in [1.54, 1.807) is 10.7 Å². The Morgan fingerprint density at radius 2 is 1.71 bits per heavy atom. The summed E-state index contributed by atoms with van der Waals surface area (Å²) < 4.78 is 25.6. The highest BCUT2D eigenvalue weighted by molar-refractivity contribution is 7.91. The Morgan fingerprint density at radius 1 is 1.00 bits per heavy atom. The average Bonchev–Trinajstić information content (AvgIpc) is 3.63. The largest absolute Gasteiger partial charge is 0.369 e. The molecule has 0 unspecified atom stereocenters. The van der Waals surface area contributed by atoms with Crippen molar-refractivity contribution in [3.8, 4) is 29.0 Å². The number of anilines is 1. The fourth-order valence-electron chi connectivity index (χ4n) is 6.38.